The van der Waals surface area contributed by atoms with Gasteiger partial charge in [0.05, 0.1) is 27.2 Å². The molecule has 1 aliphatic rings. The highest BCUT2D eigenvalue weighted by molar-refractivity contribution is 7.92. The Hall–Kier alpha value is -1.95. The van der Waals surface area contributed by atoms with Gasteiger partial charge in [-0.1, -0.05) is 26.2 Å². The molecule has 2 heterocycles. The number of sulfone groups is 1. The van der Waals surface area contributed by atoms with Crippen LogP contribution < -0.4 is 0 Å². The molecule has 2 aromatic heterocycles. The van der Waals surface area contributed by atoms with Crippen LogP contribution >= 0.6 is 0 Å². The summed E-state index contributed by atoms with van der Waals surface area (Å²) < 4.78 is 25.6. The third kappa shape index (κ3) is 3.34. The molecule has 140 valence electrons. The Labute approximate surface area is 155 Å². The lowest BCUT2D eigenvalue weighted by molar-refractivity contribution is 0.101. The SMILES string of the molecule is CCc1c(-c2ccc(S(=O)(=O)C3CCCCC3)cn2)[nH]c(C(C)=O)c1C. The Morgan fingerprint density at radius 2 is 1.92 bits per heavy atom. The van der Waals surface area contributed by atoms with E-state index in [0.29, 0.717) is 16.3 Å². The lowest BCUT2D eigenvalue weighted by Crippen LogP contribution is -2.24. The molecule has 0 atom stereocenters. The fraction of sp³-hybridized carbons (Fsp3) is 0.500. The monoisotopic (exact) mass is 374 g/mol. The van der Waals surface area contributed by atoms with Gasteiger partial charge in [-0.25, -0.2) is 8.42 Å². The molecule has 0 unspecified atom stereocenters. The van der Waals surface area contributed by atoms with Gasteiger partial charge in [-0.3, -0.25) is 9.78 Å². The maximum absolute atomic E-state index is 12.8. The number of aromatic nitrogens is 2. The van der Waals surface area contributed by atoms with E-state index in [1.54, 1.807) is 12.1 Å². The van der Waals surface area contributed by atoms with Gasteiger partial charge in [0, 0.05) is 13.1 Å². The van der Waals surface area contributed by atoms with Crippen molar-refractivity contribution in [1.29, 1.82) is 0 Å². The average molecular weight is 375 g/mol. The van der Waals surface area contributed by atoms with Crippen molar-refractivity contribution < 1.29 is 13.2 Å². The van der Waals surface area contributed by atoms with Gasteiger partial charge in [0.1, 0.15) is 0 Å². The minimum absolute atomic E-state index is 0.0139. The molecule has 5 nitrogen and oxygen atoms in total. The number of pyridine rings is 1. The topological polar surface area (TPSA) is 79.9 Å². The fourth-order valence-corrected chi connectivity index (χ4v) is 5.71. The third-order valence-corrected chi connectivity index (χ3v) is 7.64. The first-order valence-corrected chi connectivity index (χ1v) is 10.8. The van der Waals surface area contributed by atoms with Crippen LogP contribution in [0.4, 0.5) is 0 Å². The lowest BCUT2D eigenvalue weighted by atomic mass is 10.0. The molecule has 0 bridgehead atoms. The van der Waals surface area contributed by atoms with Crippen molar-refractivity contribution in [2.45, 2.75) is 69.4 Å². The van der Waals surface area contributed by atoms with Crippen molar-refractivity contribution >= 4 is 15.6 Å². The maximum atomic E-state index is 12.8. The smallest absolute Gasteiger partial charge is 0.182 e. The summed E-state index contributed by atoms with van der Waals surface area (Å²) in [5.41, 5.74) is 4.05. The van der Waals surface area contributed by atoms with Crippen molar-refractivity contribution in [2.75, 3.05) is 0 Å². The van der Waals surface area contributed by atoms with Crippen LogP contribution in [0.15, 0.2) is 23.2 Å². The second-order valence-electron chi connectivity index (χ2n) is 7.07. The van der Waals surface area contributed by atoms with Crippen LogP contribution in [-0.2, 0) is 16.3 Å². The normalized spacial score (nSPS) is 16.0. The summed E-state index contributed by atoms with van der Waals surface area (Å²) in [5.74, 6) is -0.0139. The Morgan fingerprint density at radius 1 is 1.23 bits per heavy atom. The minimum atomic E-state index is -3.32. The van der Waals surface area contributed by atoms with Crippen LogP contribution in [0, 0.1) is 6.92 Å². The number of carbonyl (C=O) groups is 1. The van der Waals surface area contributed by atoms with Crippen molar-refractivity contribution in [3.8, 4) is 11.4 Å². The number of hydrogen-bond acceptors (Lipinski definition) is 4. The van der Waals surface area contributed by atoms with Crippen LogP contribution in [0.5, 0.6) is 0 Å². The first-order chi connectivity index (χ1) is 12.4. The fourth-order valence-electron chi connectivity index (χ4n) is 3.91. The highest BCUT2D eigenvalue weighted by Gasteiger charge is 2.29. The van der Waals surface area contributed by atoms with Gasteiger partial charge >= 0.3 is 0 Å². The molecule has 3 rings (SSSR count). The van der Waals surface area contributed by atoms with Gasteiger partial charge in [-0.2, -0.15) is 0 Å². The minimum Gasteiger partial charge on any atom is -0.350 e. The van der Waals surface area contributed by atoms with E-state index >= 15 is 0 Å². The van der Waals surface area contributed by atoms with Gasteiger partial charge < -0.3 is 4.98 Å². The zero-order valence-electron chi connectivity index (χ0n) is 15.6. The van der Waals surface area contributed by atoms with E-state index in [9.17, 15) is 13.2 Å². The number of Topliss-reactive ketones (excluding diaryl/α,β-unsaturated/α-hetero) is 1. The van der Waals surface area contributed by atoms with E-state index in [1.165, 1.54) is 13.1 Å². The number of rotatable bonds is 5. The number of hydrogen-bond donors (Lipinski definition) is 1. The summed E-state index contributed by atoms with van der Waals surface area (Å²) in [4.78, 5) is 19.7. The number of H-pyrrole nitrogens is 1. The lowest BCUT2D eigenvalue weighted by Gasteiger charge is -2.21. The molecule has 0 spiro atoms. The van der Waals surface area contributed by atoms with Crippen LogP contribution in [0.3, 0.4) is 0 Å². The average Bonchev–Trinajstić information content (AvgIpc) is 2.99. The van der Waals surface area contributed by atoms with E-state index in [1.807, 2.05) is 13.8 Å². The summed E-state index contributed by atoms with van der Waals surface area (Å²) in [6, 6.07) is 3.39. The molecule has 1 N–H and O–H groups in total. The van der Waals surface area contributed by atoms with Gasteiger partial charge in [-0.15, -0.1) is 0 Å². The predicted molar refractivity (Wildman–Crippen MR) is 102 cm³/mol. The molecule has 0 aliphatic heterocycles. The second kappa shape index (κ2) is 7.35. The van der Waals surface area contributed by atoms with E-state index in [0.717, 1.165) is 55.3 Å². The summed E-state index contributed by atoms with van der Waals surface area (Å²) >= 11 is 0. The zero-order chi connectivity index (χ0) is 18.9. The predicted octanol–water partition coefficient (Wildman–Crippen LogP) is 4.26. The maximum Gasteiger partial charge on any atom is 0.182 e. The Balaban J connectivity index is 1.95. The number of nitrogens with zero attached hydrogens (tertiary/aromatic N) is 1. The molecule has 2 aromatic rings. The Bertz CT molecular complexity index is 905. The van der Waals surface area contributed by atoms with Crippen molar-refractivity contribution in [3.05, 3.63) is 35.2 Å². The highest BCUT2D eigenvalue weighted by Crippen LogP contribution is 2.31. The van der Waals surface area contributed by atoms with Gasteiger partial charge in [-0.05, 0) is 49.4 Å². The standard InChI is InChI=1S/C20H26N2O3S/c1-4-17-13(2)19(14(3)23)22-20(17)18-11-10-16(12-21-18)26(24,25)15-8-6-5-7-9-15/h10-12,15,22H,4-9H2,1-3H3. The van der Waals surface area contributed by atoms with Gasteiger partial charge in [0.2, 0.25) is 0 Å². The first kappa shape index (κ1) is 18.8. The number of carbonyl (C=O) groups excluding carboxylic acids is 1. The molecular weight excluding hydrogens is 348 g/mol. The molecule has 0 radical (unpaired) electrons. The molecular formula is C20H26N2O3S. The molecule has 0 aromatic carbocycles. The quantitative estimate of drug-likeness (QED) is 0.793. The van der Waals surface area contributed by atoms with Gasteiger partial charge in [0.25, 0.3) is 0 Å². The van der Waals surface area contributed by atoms with E-state index < -0.39 is 9.84 Å². The van der Waals surface area contributed by atoms with E-state index in [4.69, 9.17) is 0 Å². The molecule has 6 heteroatoms. The molecule has 1 fully saturated rings. The largest absolute Gasteiger partial charge is 0.350 e. The summed E-state index contributed by atoms with van der Waals surface area (Å²) in [6.07, 6.45) is 6.78. The molecule has 0 saturated heterocycles. The summed E-state index contributed by atoms with van der Waals surface area (Å²) in [7, 11) is -3.32. The summed E-state index contributed by atoms with van der Waals surface area (Å²) in [6.45, 7) is 5.50. The molecule has 1 aliphatic carbocycles. The molecule has 0 amide bonds. The third-order valence-electron chi connectivity index (χ3n) is 5.40. The van der Waals surface area contributed by atoms with E-state index in [-0.39, 0.29) is 11.0 Å². The van der Waals surface area contributed by atoms with Crippen molar-refractivity contribution in [3.63, 3.8) is 0 Å². The highest BCUT2D eigenvalue weighted by atomic mass is 32.2. The van der Waals surface area contributed by atoms with Crippen molar-refractivity contribution in [1.82, 2.24) is 9.97 Å². The number of aromatic amines is 1. The Morgan fingerprint density at radius 3 is 2.46 bits per heavy atom. The summed E-state index contributed by atoms with van der Waals surface area (Å²) in [5, 5.41) is -0.285. The molecule has 26 heavy (non-hydrogen) atoms. The first-order valence-electron chi connectivity index (χ1n) is 9.29. The second-order valence-corrected chi connectivity index (χ2v) is 9.30. The number of nitrogens with one attached hydrogen (secondary N) is 1. The van der Waals surface area contributed by atoms with Crippen LogP contribution in [0.25, 0.3) is 11.4 Å². The van der Waals surface area contributed by atoms with Crippen molar-refractivity contribution in [2.24, 2.45) is 0 Å². The van der Waals surface area contributed by atoms with Gasteiger partial charge in [0.15, 0.2) is 15.6 Å². The van der Waals surface area contributed by atoms with Crippen LogP contribution in [-0.4, -0.2) is 29.4 Å². The zero-order valence-corrected chi connectivity index (χ0v) is 16.4. The van der Waals surface area contributed by atoms with E-state index in [2.05, 4.69) is 9.97 Å². The number of ketones is 1. The van der Waals surface area contributed by atoms with Crippen LogP contribution in [0.1, 0.15) is 67.6 Å². The Kier molecular flexibility index (Phi) is 5.32. The molecule has 1 saturated carbocycles. The van der Waals surface area contributed by atoms with Crippen LogP contribution in [0.2, 0.25) is 0 Å².